The lowest BCUT2D eigenvalue weighted by molar-refractivity contribution is -0.121. The summed E-state index contributed by atoms with van der Waals surface area (Å²) in [6.45, 7) is 9.11. The number of rotatable bonds is 5. The number of nitrogens with zero attached hydrogens (tertiary/aromatic N) is 3. The molecule has 0 aromatic heterocycles. The van der Waals surface area contributed by atoms with Crippen molar-refractivity contribution in [2.24, 2.45) is 4.99 Å². The molecule has 0 N–H and O–H groups in total. The largest absolute Gasteiger partial charge is 0.497 e. The number of carbonyl (C=O) groups excluding carboxylic acids is 1. The van der Waals surface area contributed by atoms with Crippen LogP contribution >= 0.6 is 23.5 Å². The summed E-state index contributed by atoms with van der Waals surface area (Å²) in [5, 5.41) is 1.62. The minimum atomic E-state index is -0.0352. The van der Waals surface area contributed by atoms with E-state index in [4.69, 9.17) is 9.73 Å². The zero-order valence-corrected chi connectivity index (χ0v) is 18.8. The minimum absolute atomic E-state index is 0.0352. The van der Waals surface area contributed by atoms with Crippen LogP contribution in [0.25, 0.3) is 0 Å². The number of fused-ring (bicyclic) bond motifs is 1. The molecule has 2 aliphatic heterocycles. The second-order valence-corrected chi connectivity index (χ2v) is 8.86. The molecule has 0 bridgehead atoms. The van der Waals surface area contributed by atoms with Crippen LogP contribution in [0.3, 0.4) is 0 Å². The van der Waals surface area contributed by atoms with E-state index in [1.807, 2.05) is 49.4 Å². The highest BCUT2D eigenvalue weighted by molar-refractivity contribution is 8.19. The summed E-state index contributed by atoms with van der Waals surface area (Å²) < 4.78 is 5.39. The molecule has 2 aromatic carbocycles. The van der Waals surface area contributed by atoms with Gasteiger partial charge in [-0.05, 0) is 55.4 Å². The lowest BCUT2D eigenvalue weighted by atomic mass is 10.2. The van der Waals surface area contributed by atoms with Crippen molar-refractivity contribution >= 4 is 46.0 Å². The average Bonchev–Trinajstić information content (AvgIpc) is 3.25. The number of anilines is 1. The molecule has 0 aliphatic carbocycles. The first kappa shape index (κ1) is 20.6. The van der Waals surface area contributed by atoms with E-state index in [9.17, 15) is 4.79 Å². The number of aliphatic imine (C=N–C) groups is 1. The van der Waals surface area contributed by atoms with Crippen molar-refractivity contribution < 1.29 is 9.53 Å². The molecule has 5 nitrogen and oxygen atoms in total. The van der Waals surface area contributed by atoms with Crippen molar-refractivity contribution in [3.63, 3.8) is 0 Å². The molecular formula is C23H23N3O2S2. The van der Waals surface area contributed by atoms with Crippen molar-refractivity contribution in [1.29, 1.82) is 0 Å². The first-order valence-corrected chi connectivity index (χ1v) is 11.3. The molecule has 1 saturated heterocycles. The minimum Gasteiger partial charge on any atom is -0.497 e. The first-order chi connectivity index (χ1) is 14.5. The number of thioether (sulfide) groups is 2. The molecule has 2 aromatic rings. The molecule has 2 aliphatic rings. The lowest BCUT2D eigenvalue weighted by Crippen LogP contribution is -2.30. The standard InChI is InChI=1S/C23H23N3O2S2/c1-5-12-26-21(27)20(30-23(26)24-16-9-7-8-15(3)13-16)22-25(6-2)18-14-17(28-4)10-11-19(18)29-22/h5,7-11,13-14H,1,6,12H2,2-4H3. The zero-order valence-electron chi connectivity index (χ0n) is 17.2. The number of hydrogen-bond donors (Lipinski definition) is 0. The van der Waals surface area contributed by atoms with Crippen LogP contribution < -0.4 is 9.64 Å². The summed E-state index contributed by atoms with van der Waals surface area (Å²) in [4.78, 5) is 23.8. The Bertz CT molecular complexity index is 1080. The molecular weight excluding hydrogens is 414 g/mol. The highest BCUT2D eigenvalue weighted by atomic mass is 32.2. The molecule has 154 valence electrons. The third-order valence-corrected chi connectivity index (χ3v) is 7.20. The van der Waals surface area contributed by atoms with Crippen LogP contribution in [0.1, 0.15) is 12.5 Å². The van der Waals surface area contributed by atoms with Gasteiger partial charge in [0.2, 0.25) is 0 Å². The maximum Gasteiger partial charge on any atom is 0.269 e. The molecule has 0 atom stereocenters. The fourth-order valence-corrected chi connectivity index (χ4v) is 5.77. The van der Waals surface area contributed by atoms with E-state index in [1.165, 1.54) is 11.8 Å². The van der Waals surface area contributed by atoms with Crippen LogP contribution in [0.4, 0.5) is 11.4 Å². The van der Waals surface area contributed by atoms with Gasteiger partial charge in [0, 0.05) is 24.1 Å². The quantitative estimate of drug-likeness (QED) is 0.453. The Hall–Kier alpha value is -2.64. The third kappa shape index (κ3) is 3.75. The van der Waals surface area contributed by atoms with Crippen LogP contribution in [0, 0.1) is 6.92 Å². The van der Waals surface area contributed by atoms with Gasteiger partial charge in [-0.15, -0.1) is 6.58 Å². The van der Waals surface area contributed by atoms with Gasteiger partial charge in [-0.3, -0.25) is 9.69 Å². The maximum atomic E-state index is 13.3. The van der Waals surface area contributed by atoms with Crippen LogP contribution in [-0.4, -0.2) is 36.2 Å². The topological polar surface area (TPSA) is 45.1 Å². The Morgan fingerprint density at radius 1 is 1.17 bits per heavy atom. The van der Waals surface area contributed by atoms with E-state index in [0.717, 1.165) is 39.2 Å². The summed E-state index contributed by atoms with van der Waals surface area (Å²) in [5.41, 5.74) is 3.04. The smallest absolute Gasteiger partial charge is 0.269 e. The van der Waals surface area contributed by atoms with Gasteiger partial charge in [0.05, 0.1) is 18.5 Å². The van der Waals surface area contributed by atoms with Crippen molar-refractivity contribution in [3.05, 3.63) is 70.6 Å². The predicted octanol–water partition coefficient (Wildman–Crippen LogP) is 5.55. The van der Waals surface area contributed by atoms with E-state index >= 15 is 0 Å². The number of amides is 1. The highest BCUT2D eigenvalue weighted by Gasteiger charge is 2.39. The van der Waals surface area contributed by atoms with E-state index in [-0.39, 0.29) is 5.91 Å². The number of hydrogen-bond acceptors (Lipinski definition) is 6. The molecule has 1 fully saturated rings. The van der Waals surface area contributed by atoms with Crippen LogP contribution in [0.5, 0.6) is 5.75 Å². The second-order valence-electron chi connectivity index (χ2n) is 6.85. The first-order valence-electron chi connectivity index (χ1n) is 9.69. The number of carbonyl (C=O) groups is 1. The van der Waals surface area contributed by atoms with Crippen LogP contribution in [0.15, 0.2) is 74.9 Å². The van der Waals surface area contributed by atoms with E-state index < -0.39 is 0 Å². The summed E-state index contributed by atoms with van der Waals surface area (Å²) in [6.07, 6.45) is 1.73. The monoisotopic (exact) mass is 437 g/mol. The molecule has 0 radical (unpaired) electrons. The Balaban J connectivity index is 1.76. The Kier molecular flexibility index (Phi) is 5.92. The summed E-state index contributed by atoms with van der Waals surface area (Å²) in [7, 11) is 1.66. The summed E-state index contributed by atoms with van der Waals surface area (Å²) >= 11 is 3.05. The van der Waals surface area contributed by atoms with Crippen molar-refractivity contribution in [1.82, 2.24) is 4.90 Å². The molecule has 0 spiro atoms. The van der Waals surface area contributed by atoms with Gasteiger partial charge in [-0.25, -0.2) is 4.99 Å². The fourth-order valence-electron chi connectivity index (χ4n) is 3.39. The van der Waals surface area contributed by atoms with Gasteiger partial charge in [0.25, 0.3) is 5.91 Å². The molecule has 0 unspecified atom stereocenters. The molecule has 1 amide bonds. The highest BCUT2D eigenvalue weighted by Crippen LogP contribution is 2.51. The summed E-state index contributed by atoms with van der Waals surface area (Å²) in [6, 6.07) is 14.0. The fraction of sp³-hybridized carbons (Fsp3) is 0.217. The molecule has 0 saturated carbocycles. The maximum absolute atomic E-state index is 13.3. The molecule has 4 rings (SSSR count). The van der Waals surface area contributed by atoms with Crippen molar-refractivity contribution in [2.75, 3.05) is 25.1 Å². The average molecular weight is 438 g/mol. The molecule has 30 heavy (non-hydrogen) atoms. The zero-order chi connectivity index (χ0) is 21.3. The van der Waals surface area contributed by atoms with Gasteiger partial charge >= 0.3 is 0 Å². The number of aryl methyl sites for hydroxylation is 1. The number of amidine groups is 1. The van der Waals surface area contributed by atoms with Crippen LogP contribution in [0.2, 0.25) is 0 Å². The van der Waals surface area contributed by atoms with E-state index in [0.29, 0.717) is 16.6 Å². The number of methoxy groups -OCH3 is 1. The predicted molar refractivity (Wildman–Crippen MR) is 127 cm³/mol. The summed E-state index contributed by atoms with van der Waals surface area (Å²) in [5.74, 6) is 0.770. The second kappa shape index (κ2) is 8.62. The SMILES string of the molecule is C=CCN1C(=O)C(=C2Sc3ccc(OC)cc3N2CC)SC1=Nc1cccc(C)c1. The normalized spacial score (nSPS) is 19.6. The lowest BCUT2D eigenvalue weighted by Gasteiger charge is -2.19. The van der Waals surface area contributed by atoms with Gasteiger partial charge in [-0.2, -0.15) is 0 Å². The third-order valence-electron chi connectivity index (χ3n) is 4.82. The van der Waals surface area contributed by atoms with Gasteiger partial charge in [0.1, 0.15) is 15.7 Å². The number of benzene rings is 2. The van der Waals surface area contributed by atoms with E-state index in [1.54, 1.807) is 29.8 Å². The van der Waals surface area contributed by atoms with Gasteiger partial charge < -0.3 is 9.64 Å². The van der Waals surface area contributed by atoms with Crippen molar-refractivity contribution in [2.45, 2.75) is 18.7 Å². The molecule has 2 heterocycles. The van der Waals surface area contributed by atoms with Gasteiger partial charge in [0.15, 0.2) is 5.17 Å². The van der Waals surface area contributed by atoms with E-state index in [2.05, 4.69) is 18.4 Å². The Morgan fingerprint density at radius 2 is 2.00 bits per heavy atom. The van der Waals surface area contributed by atoms with Crippen molar-refractivity contribution in [3.8, 4) is 5.75 Å². The number of ether oxygens (including phenoxy) is 1. The Morgan fingerprint density at radius 3 is 2.70 bits per heavy atom. The van der Waals surface area contributed by atoms with Crippen LogP contribution in [-0.2, 0) is 4.79 Å². The molecule has 7 heteroatoms. The Labute approximate surface area is 185 Å². The van der Waals surface area contributed by atoms with Gasteiger partial charge in [-0.1, -0.05) is 30.0 Å².